The number of para-hydroxylation sites is 1. The molecule has 0 aliphatic heterocycles. The standard InChI is InChI=1S/C23H21FN2O3S/c1-26(19-7-3-2-4-8-19)30(28,29)20-9-5-6-17(14-20)23(27)25-22-15-21(22)16-10-12-18(24)13-11-16/h2-14,21-22H,15H2,1H3,(H,25,27)/t21-,22+/m0/s1. The quantitative estimate of drug-likeness (QED) is 0.652. The van der Waals surface area contributed by atoms with Crippen molar-refractivity contribution >= 4 is 21.6 Å². The summed E-state index contributed by atoms with van der Waals surface area (Å²) in [5, 5.41) is 2.93. The molecular weight excluding hydrogens is 403 g/mol. The largest absolute Gasteiger partial charge is 0.349 e. The minimum absolute atomic E-state index is 0.0461. The lowest BCUT2D eigenvalue weighted by atomic mass is 10.1. The van der Waals surface area contributed by atoms with Gasteiger partial charge in [-0.25, -0.2) is 12.8 Å². The lowest BCUT2D eigenvalue weighted by Crippen LogP contribution is -2.28. The highest BCUT2D eigenvalue weighted by molar-refractivity contribution is 7.92. The first-order valence-electron chi connectivity index (χ1n) is 9.56. The Morgan fingerprint density at radius 2 is 1.70 bits per heavy atom. The summed E-state index contributed by atoms with van der Waals surface area (Å²) in [6.45, 7) is 0. The average molecular weight is 424 g/mol. The number of nitrogens with zero attached hydrogens (tertiary/aromatic N) is 1. The topological polar surface area (TPSA) is 66.5 Å². The Balaban J connectivity index is 1.48. The van der Waals surface area contributed by atoms with Gasteiger partial charge >= 0.3 is 0 Å². The van der Waals surface area contributed by atoms with Gasteiger partial charge in [-0.1, -0.05) is 36.4 Å². The second-order valence-electron chi connectivity index (χ2n) is 7.31. The molecule has 3 aromatic rings. The van der Waals surface area contributed by atoms with Crippen LogP contribution < -0.4 is 9.62 Å². The Morgan fingerprint density at radius 1 is 1.00 bits per heavy atom. The van der Waals surface area contributed by atoms with E-state index in [1.807, 2.05) is 6.07 Å². The van der Waals surface area contributed by atoms with Gasteiger partial charge in [-0.3, -0.25) is 9.10 Å². The van der Waals surface area contributed by atoms with Gasteiger partial charge in [-0.15, -0.1) is 0 Å². The molecule has 0 bridgehead atoms. The van der Waals surface area contributed by atoms with Crippen LogP contribution in [0.15, 0.2) is 83.8 Å². The summed E-state index contributed by atoms with van der Waals surface area (Å²) >= 11 is 0. The van der Waals surface area contributed by atoms with Crippen LogP contribution in [-0.4, -0.2) is 27.4 Å². The van der Waals surface area contributed by atoms with Gasteiger partial charge in [0.05, 0.1) is 10.6 Å². The third-order valence-electron chi connectivity index (χ3n) is 5.28. The minimum atomic E-state index is -3.80. The number of hydrogen-bond donors (Lipinski definition) is 1. The van der Waals surface area contributed by atoms with Crippen molar-refractivity contribution in [3.05, 3.63) is 95.8 Å². The van der Waals surface area contributed by atoms with Crippen molar-refractivity contribution in [2.45, 2.75) is 23.3 Å². The van der Waals surface area contributed by atoms with Gasteiger partial charge in [-0.2, -0.15) is 0 Å². The Bertz CT molecular complexity index is 1160. The smallest absolute Gasteiger partial charge is 0.264 e. The average Bonchev–Trinajstić information content (AvgIpc) is 3.53. The van der Waals surface area contributed by atoms with Gasteiger partial charge in [0.15, 0.2) is 0 Å². The molecule has 1 aliphatic rings. The van der Waals surface area contributed by atoms with Gasteiger partial charge < -0.3 is 5.32 Å². The van der Waals surface area contributed by atoms with Crippen molar-refractivity contribution in [3.8, 4) is 0 Å². The molecule has 30 heavy (non-hydrogen) atoms. The Morgan fingerprint density at radius 3 is 2.40 bits per heavy atom. The molecule has 1 amide bonds. The van der Waals surface area contributed by atoms with Crippen molar-refractivity contribution in [2.24, 2.45) is 0 Å². The molecule has 1 N–H and O–H groups in total. The number of amides is 1. The molecule has 0 aromatic heterocycles. The predicted molar refractivity (Wildman–Crippen MR) is 113 cm³/mol. The monoisotopic (exact) mass is 424 g/mol. The van der Waals surface area contributed by atoms with E-state index in [0.717, 1.165) is 12.0 Å². The number of anilines is 1. The van der Waals surface area contributed by atoms with E-state index in [4.69, 9.17) is 0 Å². The summed E-state index contributed by atoms with van der Waals surface area (Å²) in [6, 6.07) is 21.0. The molecule has 1 saturated carbocycles. The van der Waals surface area contributed by atoms with Crippen molar-refractivity contribution in [2.75, 3.05) is 11.4 Å². The zero-order valence-corrected chi connectivity index (χ0v) is 17.1. The first-order valence-corrected chi connectivity index (χ1v) is 11.0. The van der Waals surface area contributed by atoms with Crippen LogP contribution in [0.2, 0.25) is 0 Å². The van der Waals surface area contributed by atoms with E-state index in [9.17, 15) is 17.6 Å². The maximum Gasteiger partial charge on any atom is 0.264 e. The second-order valence-corrected chi connectivity index (χ2v) is 9.28. The van der Waals surface area contributed by atoms with Gasteiger partial charge in [0.2, 0.25) is 0 Å². The zero-order chi connectivity index (χ0) is 21.3. The number of benzene rings is 3. The molecule has 1 fully saturated rings. The summed E-state index contributed by atoms with van der Waals surface area (Å²) in [4.78, 5) is 12.7. The van der Waals surface area contributed by atoms with Crippen LogP contribution in [0.5, 0.6) is 0 Å². The predicted octanol–water partition coefficient (Wildman–Crippen LogP) is 3.94. The SMILES string of the molecule is CN(c1ccccc1)S(=O)(=O)c1cccc(C(=O)N[C@@H]2C[C@H]2c2ccc(F)cc2)c1. The van der Waals surface area contributed by atoms with E-state index in [2.05, 4.69) is 5.32 Å². The van der Waals surface area contributed by atoms with Crippen molar-refractivity contribution in [1.29, 1.82) is 0 Å². The van der Waals surface area contributed by atoms with E-state index in [1.54, 1.807) is 48.5 Å². The van der Waals surface area contributed by atoms with Crippen LogP contribution in [0.1, 0.15) is 28.3 Å². The van der Waals surface area contributed by atoms with Crippen molar-refractivity contribution < 1.29 is 17.6 Å². The zero-order valence-electron chi connectivity index (χ0n) is 16.3. The first-order chi connectivity index (χ1) is 14.4. The third kappa shape index (κ3) is 4.07. The van der Waals surface area contributed by atoms with Crippen LogP contribution in [0.3, 0.4) is 0 Å². The number of sulfonamides is 1. The van der Waals surface area contributed by atoms with Gasteiger partial charge in [0, 0.05) is 24.6 Å². The number of halogens is 1. The van der Waals surface area contributed by atoms with Crippen LogP contribution >= 0.6 is 0 Å². The number of hydrogen-bond acceptors (Lipinski definition) is 3. The first kappa shape index (κ1) is 20.1. The lowest BCUT2D eigenvalue weighted by Gasteiger charge is -2.19. The molecule has 0 unspecified atom stereocenters. The summed E-state index contributed by atoms with van der Waals surface area (Å²) in [6.07, 6.45) is 0.770. The minimum Gasteiger partial charge on any atom is -0.349 e. The molecule has 7 heteroatoms. The molecule has 0 heterocycles. The van der Waals surface area contributed by atoms with Crippen molar-refractivity contribution in [3.63, 3.8) is 0 Å². The molecule has 3 aromatic carbocycles. The fourth-order valence-corrected chi connectivity index (χ4v) is 4.66. The van der Waals surface area contributed by atoms with Gasteiger partial charge in [0.25, 0.3) is 15.9 Å². The highest BCUT2D eigenvalue weighted by atomic mass is 32.2. The fraction of sp³-hybridized carbons (Fsp3) is 0.174. The number of rotatable bonds is 6. The van der Waals surface area contributed by atoms with Crippen molar-refractivity contribution in [1.82, 2.24) is 5.32 Å². The highest BCUT2D eigenvalue weighted by Crippen LogP contribution is 2.40. The summed E-state index contributed by atoms with van der Waals surface area (Å²) in [5.74, 6) is -0.479. The van der Waals surface area contributed by atoms with E-state index in [-0.39, 0.29) is 34.1 Å². The van der Waals surface area contributed by atoms with Crippen LogP contribution in [0.4, 0.5) is 10.1 Å². The van der Waals surface area contributed by atoms with E-state index in [1.165, 1.54) is 35.6 Å². The number of carbonyl (C=O) groups is 1. The molecule has 0 radical (unpaired) electrons. The third-order valence-corrected chi connectivity index (χ3v) is 7.06. The Kier molecular flexibility index (Phi) is 5.30. The molecule has 1 aliphatic carbocycles. The van der Waals surface area contributed by atoms with E-state index >= 15 is 0 Å². The Labute approximate surface area is 175 Å². The normalized spacial score (nSPS) is 17.9. The molecule has 4 rings (SSSR count). The second kappa shape index (κ2) is 7.91. The molecule has 2 atom stereocenters. The molecule has 0 spiro atoms. The van der Waals surface area contributed by atoms with E-state index < -0.39 is 10.0 Å². The van der Waals surface area contributed by atoms with Crippen LogP contribution in [-0.2, 0) is 10.0 Å². The summed E-state index contributed by atoms with van der Waals surface area (Å²) in [7, 11) is -2.32. The molecular formula is C23H21FN2O3S. The number of nitrogens with one attached hydrogen (secondary N) is 1. The Hall–Kier alpha value is -3.19. The van der Waals surface area contributed by atoms with Crippen LogP contribution in [0, 0.1) is 5.82 Å². The highest BCUT2D eigenvalue weighted by Gasteiger charge is 2.39. The molecule has 154 valence electrons. The fourth-order valence-electron chi connectivity index (χ4n) is 3.42. The maximum atomic E-state index is 13.1. The lowest BCUT2D eigenvalue weighted by molar-refractivity contribution is 0.0950. The maximum absolute atomic E-state index is 13.1. The molecule has 0 saturated heterocycles. The summed E-state index contributed by atoms with van der Waals surface area (Å²) in [5.41, 5.74) is 1.79. The van der Waals surface area contributed by atoms with Crippen LogP contribution in [0.25, 0.3) is 0 Å². The van der Waals surface area contributed by atoms with Gasteiger partial charge in [0.1, 0.15) is 5.82 Å². The molecule has 5 nitrogen and oxygen atoms in total. The summed E-state index contributed by atoms with van der Waals surface area (Å²) < 4.78 is 40.2. The van der Waals surface area contributed by atoms with Gasteiger partial charge in [-0.05, 0) is 54.4 Å². The van der Waals surface area contributed by atoms with E-state index in [0.29, 0.717) is 5.69 Å². The number of carbonyl (C=O) groups excluding carboxylic acids is 1.